The quantitative estimate of drug-likeness (QED) is 0.898. The first-order chi connectivity index (χ1) is 8.88. The molecule has 0 aliphatic heterocycles. The summed E-state index contributed by atoms with van der Waals surface area (Å²) in [6.07, 6.45) is 5.38. The molecule has 18 heavy (non-hydrogen) atoms. The molecule has 0 spiro atoms. The van der Waals surface area contributed by atoms with Crippen molar-refractivity contribution in [1.29, 1.82) is 0 Å². The summed E-state index contributed by atoms with van der Waals surface area (Å²) in [5, 5.41) is 1.14. The standard InChI is InChI=1S/C15H19NO2/c16-9-15-13(10-17-11-5-1-2-6-11)12-7-3-4-8-14(12)18-15/h3-4,7-8,11H,1-2,5-6,9-10,16H2. The van der Waals surface area contributed by atoms with Gasteiger partial charge in [-0.3, -0.25) is 0 Å². The number of para-hydroxylation sites is 1. The lowest BCUT2D eigenvalue weighted by atomic mass is 10.1. The van der Waals surface area contributed by atoms with Gasteiger partial charge in [-0.2, -0.15) is 0 Å². The molecular weight excluding hydrogens is 226 g/mol. The Morgan fingerprint density at radius 1 is 1.22 bits per heavy atom. The van der Waals surface area contributed by atoms with E-state index in [1.165, 1.54) is 25.7 Å². The summed E-state index contributed by atoms with van der Waals surface area (Å²) in [6, 6.07) is 8.06. The summed E-state index contributed by atoms with van der Waals surface area (Å²) in [7, 11) is 0. The highest BCUT2D eigenvalue weighted by molar-refractivity contribution is 5.82. The average molecular weight is 245 g/mol. The summed E-state index contributed by atoms with van der Waals surface area (Å²) in [4.78, 5) is 0. The van der Waals surface area contributed by atoms with Crippen molar-refractivity contribution in [2.75, 3.05) is 0 Å². The van der Waals surface area contributed by atoms with Crippen molar-refractivity contribution in [3.05, 3.63) is 35.6 Å². The van der Waals surface area contributed by atoms with Crippen LogP contribution in [0, 0.1) is 0 Å². The molecule has 3 rings (SSSR count). The average Bonchev–Trinajstić information content (AvgIpc) is 3.03. The molecule has 1 aromatic heterocycles. The van der Waals surface area contributed by atoms with Gasteiger partial charge in [-0.1, -0.05) is 31.0 Å². The number of hydrogen-bond acceptors (Lipinski definition) is 3. The predicted octanol–water partition coefficient (Wildman–Crippen LogP) is 3.35. The maximum absolute atomic E-state index is 5.98. The number of nitrogens with two attached hydrogens (primary N) is 1. The summed E-state index contributed by atoms with van der Waals surface area (Å²) in [6.45, 7) is 1.05. The summed E-state index contributed by atoms with van der Waals surface area (Å²) in [5.74, 6) is 0.856. The minimum atomic E-state index is 0.421. The highest BCUT2D eigenvalue weighted by atomic mass is 16.5. The van der Waals surface area contributed by atoms with Crippen molar-refractivity contribution >= 4 is 11.0 Å². The molecule has 0 unspecified atom stereocenters. The molecule has 1 fully saturated rings. The van der Waals surface area contributed by atoms with Crippen LogP contribution in [0.15, 0.2) is 28.7 Å². The third-order valence-electron chi connectivity index (χ3n) is 3.73. The van der Waals surface area contributed by atoms with Gasteiger partial charge in [-0.05, 0) is 18.9 Å². The van der Waals surface area contributed by atoms with E-state index in [1.54, 1.807) is 0 Å². The Balaban J connectivity index is 1.84. The number of hydrogen-bond donors (Lipinski definition) is 1. The zero-order chi connectivity index (χ0) is 12.4. The van der Waals surface area contributed by atoms with Crippen LogP contribution in [0.1, 0.15) is 37.0 Å². The SMILES string of the molecule is NCc1oc2ccccc2c1COC1CCCC1. The number of ether oxygens (including phenoxy) is 1. The second kappa shape index (κ2) is 5.12. The Morgan fingerprint density at radius 2 is 2.00 bits per heavy atom. The van der Waals surface area contributed by atoms with Gasteiger partial charge in [0.25, 0.3) is 0 Å². The molecule has 2 N–H and O–H groups in total. The summed E-state index contributed by atoms with van der Waals surface area (Å²) < 4.78 is 11.7. The van der Waals surface area contributed by atoms with Crippen molar-refractivity contribution in [3.63, 3.8) is 0 Å². The Morgan fingerprint density at radius 3 is 2.78 bits per heavy atom. The third kappa shape index (κ3) is 2.16. The molecule has 96 valence electrons. The summed E-state index contributed by atoms with van der Waals surface area (Å²) >= 11 is 0. The van der Waals surface area contributed by atoms with Gasteiger partial charge < -0.3 is 14.9 Å². The molecule has 0 radical (unpaired) electrons. The van der Waals surface area contributed by atoms with Crippen LogP contribution < -0.4 is 5.73 Å². The van der Waals surface area contributed by atoms with Crippen LogP contribution in [0.3, 0.4) is 0 Å². The van der Waals surface area contributed by atoms with Gasteiger partial charge in [0.1, 0.15) is 11.3 Å². The van der Waals surface area contributed by atoms with E-state index in [1.807, 2.05) is 18.2 Å². The van der Waals surface area contributed by atoms with Crippen LogP contribution in [-0.2, 0) is 17.9 Å². The van der Waals surface area contributed by atoms with E-state index in [9.17, 15) is 0 Å². The van der Waals surface area contributed by atoms with E-state index < -0.39 is 0 Å². The van der Waals surface area contributed by atoms with E-state index in [0.29, 0.717) is 19.3 Å². The second-order valence-electron chi connectivity index (χ2n) is 4.92. The van der Waals surface area contributed by atoms with Crippen molar-refractivity contribution in [2.24, 2.45) is 5.73 Å². The molecule has 0 bridgehead atoms. The zero-order valence-electron chi connectivity index (χ0n) is 10.5. The highest BCUT2D eigenvalue weighted by Crippen LogP contribution is 2.28. The largest absolute Gasteiger partial charge is 0.459 e. The fraction of sp³-hybridized carbons (Fsp3) is 0.467. The number of furan rings is 1. The van der Waals surface area contributed by atoms with Crippen molar-refractivity contribution in [1.82, 2.24) is 0 Å². The fourth-order valence-electron chi connectivity index (χ4n) is 2.73. The van der Waals surface area contributed by atoms with Gasteiger partial charge in [0.2, 0.25) is 0 Å². The fourth-order valence-corrected chi connectivity index (χ4v) is 2.73. The topological polar surface area (TPSA) is 48.4 Å². The zero-order valence-corrected chi connectivity index (χ0v) is 10.5. The molecule has 1 heterocycles. The van der Waals surface area contributed by atoms with Crippen LogP contribution in [0.2, 0.25) is 0 Å². The van der Waals surface area contributed by atoms with Gasteiger partial charge in [0, 0.05) is 10.9 Å². The Bertz CT molecular complexity index is 526. The third-order valence-corrected chi connectivity index (χ3v) is 3.73. The minimum absolute atomic E-state index is 0.421. The predicted molar refractivity (Wildman–Crippen MR) is 71.2 cm³/mol. The minimum Gasteiger partial charge on any atom is -0.459 e. The highest BCUT2D eigenvalue weighted by Gasteiger charge is 2.18. The lowest BCUT2D eigenvalue weighted by Crippen LogP contribution is -2.08. The normalized spacial score (nSPS) is 16.7. The van der Waals surface area contributed by atoms with Gasteiger partial charge in [0.05, 0.1) is 19.3 Å². The second-order valence-corrected chi connectivity index (χ2v) is 4.92. The van der Waals surface area contributed by atoms with Crippen LogP contribution in [0.4, 0.5) is 0 Å². The van der Waals surface area contributed by atoms with E-state index >= 15 is 0 Å². The molecule has 0 amide bonds. The van der Waals surface area contributed by atoms with Gasteiger partial charge >= 0.3 is 0 Å². The molecule has 1 aliphatic carbocycles. The van der Waals surface area contributed by atoms with Crippen molar-refractivity contribution < 1.29 is 9.15 Å². The smallest absolute Gasteiger partial charge is 0.134 e. The van der Waals surface area contributed by atoms with Gasteiger partial charge in [0.15, 0.2) is 0 Å². The van der Waals surface area contributed by atoms with Gasteiger partial charge in [-0.25, -0.2) is 0 Å². The molecule has 1 aliphatic rings. The van der Waals surface area contributed by atoms with Crippen LogP contribution in [-0.4, -0.2) is 6.10 Å². The maximum Gasteiger partial charge on any atom is 0.134 e. The molecule has 2 aromatic rings. The molecular formula is C15H19NO2. The molecule has 0 atom stereocenters. The number of rotatable bonds is 4. The van der Waals surface area contributed by atoms with Crippen molar-refractivity contribution in [3.8, 4) is 0 Å². The Kier molecular flexibility index (Phi) is 3.35. The maximum atomic E-state index is 5.98. The van der Waals surface area contributed by atoms with E-state index in [2.05, 4.69) is 6.07 Å². The van der Waals surface area contributed by atoms with Crippen LogP contribution in [0.25, 0.3) is 11.0 Å². The monoisotopic (exact) mass is 245 g/mol. The molecule has 1 saturated carbocycles. The number of fused-ring (bicyclic) bond motifs is 1. The Labute approximate surface area is 107 Å². The van der Waals surface area contributed by atoms with Crippen molar-refractivity contribution in [2.45, 2.75) is 44.9 Å². The number of benzene rings is 1. The first-order valence-corrected chi connectivity index (χ1v) is 6.69. The first-order valence-electron chi connectivity index (χ1n) is 6.69. The first kappa shape index (κ1) is 11.8. The lowest BCUT2D eigenvalue weighted by Gasteiger charge is -2.10. The summed E-state index contributed by atoms with van der Waals surface area (Å²) in [5.41, 5.74) is 7.78. The van der Waals surface area contributed by atoms with E-state index in [4.69, 9.17) is 14.9 Å². The van der Waals surface area contributed by atoms with E-state index in [0.717, 1.165) is 22.3 Å². The van der Waals surface area contributed by atoms with Gasteiger partial charge in [-0.15, -0.1) is 0 Å². The lowest BCUT2D eigenvalue weighted by molar-refractivity contribution is 0.0454. The molecule has 3 heteroatoms. The van der Waals surface area contributed by atoms with Crippen LogP contribution in [0.5, 0.6) is 0 Å². The molecule has 1 aromatic carbocycles. The van der Waals surface area contributed by atoms with E-state index in [-0.39, 0.29) is 0 Å². The Hall–Kier alpha value is -1.32. The molecule has 0 saturated heterocycles. The molecule has 3 nitrogen and oxygen atoms in total. The van der Waals surface area contributed by atoms with Crippen LogP contribution >= 0.6 is 0 Å².